The molecule has 100 valence electrons. The molecule has 2 aromatic carbocycles. The maximum absolute atomic E-state index is 6.11. The zero-order valence-corrected chi connectivity index (χ0v) is 12.7. The van der Waals surface area contributed by atoms with Gasteiger partial charge in [0.1, 0.15) is 0 Å². The highest BCUT2D eigenvalue weighted by Gasteiger charge is 2.04. The van der Waals surface area contributed by atoms with Gasteiger partial charge in [-0.25, -0.2) is 0 Å². The minimum absolute atomic E-state index is 0.702. The van der Waals surface area contributed by atoms with Crippen LogP contribution in [0.15, 0.2) is 53.4 Å². The molecule has 0 saturated carbocycles. The highest BCUT2D eigenvalue weighted by molar-refractivity contribution is 7.99. The van der Waals surface area contributed by atoms with Gasteiger partial charge in [0.2, 0.25) is 0 Å². The topological polar surface area (TPSA) is 12.0 Å². The predicted molar refractivity (Wildman–Crippen MR) is 85.3 cm³/mol. The molecule has 0 unspecified atom stereocenters. The molecule has 4 heteroatoms. The minimum Gasteiger partial charge on any atom is -0.312 e. The summed E-state index contributed by atoms with van der Waals surface area (Å²) in [5.41, 5.74) is 0.968. The van der Waals surface area contributed by atoms with Crippen LogP contribution in [0.25, 0.3) is 0 Å². The van der Waals surface area contributed by atoms with Gasteiger partial charge < -0.3 is 5.32 Å². The number of nitrogens with one attached hydrogen (secondary N) is 1. The second-order valence-corrected chi connectivity index (χ2v) is 6.02. The van der Waals surface area contributed by atoms with Crippen LogP contribution in [-0.2, 0) is 6.54 Å². The molecule has 0 radical (unpaired) electrons. The molecule has 1 nitrogen and oxygen atoms in total. The molecular formula is C15H15Cl2NS. The number of halogens is 2. The largest absolute Gasteiger partial charge is 0.312 e. The molecule has 0 saturated heterocycles. The fraction of sp³-hybridized carbons (Fsp3) is 0.200. The molecule has 0 atom stereocenters. The van der Waals surface area contributed by atoms with Crippen molar-refractivity contribution in [3.05, 3.63) is 64.1 Å². The van der Waals surface area contributed by atoms with E-state index < -0.39 is 0 Å². The van der Waals surface area contributed by atoms with Crippen molar-refractivity contribution in [2.75, 3.05) is 12.3 Å². The zero-order chi connectivity index (χ0) is 13.5. The summed E-state index contributed by atoms with van der Waals surface area (Å²) in [6, 6.07) is 16.0. The average molecular weight is 312 g/mol. The first kappa shape index (κ1) is 14.7. The SMILES string of the molecule is Clc1cccc(Cl)c1CNCCSc1ccccc1. The lowest BCUT2D eigenvalue weighted by molar-refractivity contribution is 0.732. The standard InChI is InChI=1S/C15H15Cl2NS/c16-14-7-4-8-15(17)13(14)11-18-9-10-19-12-5-2-1-3-6-12/h1-8,18H,9-11H2. The van der Waals surface area contributed by atoms with Gasteiger partial charge in [0.25, 0.3) is 0 Å². The van der Waals surface area contributed by atoms with Gasteiger partial charge in [0, 0.05) is 39.3 Å². The Hall–Kier alpha value is -0.670. The first-order valence-electron chi connectivity index (χ1n) is 6.09. The van der Waals surface area contributed by atoms with Crippen LogP contribution >= 0.6 is 35.0 Å². The van der Waals surface area contributed by atoms with Gasteiger partial charge in [-0.1, -0.05) is 47.5 Å². The van der Waals surface area contributed by atoms with Crippen molar-refractivity contribution < 1.29 is 0 Å². The summed E-state index contributed by atoms with van der Waals surface area (Å²) in [5, 5.41) is 4.80. The van der Waals surface area contributed by atoms with Crippen molar-refractivity contribution in [1.29, 1.82) is 0 Å². The van der Waals surface area contributed by atoms with E-state index in [9.17, 15) is 0 Å². The molecule has 0 spiro atoms. The van der Waals surface area contributed by atoms with Crippen molar-refractivity contribution in [3.8, 4) is 0 Å². The summed E-state index contributed by atoms with van der Waals surface area (Å²) in [6.45, 7) is 1.62. The zero-order valence-electron chi connectivity index (χ0n) is 10.4. The number of rotatable bonds is 6. The van der Waals surface area contributed by atoms with E-state index in [0.717, 1.165) is 27.9 Å². The summed E-state index contributed by atoms with van der Waals surface area (Å²) in [5.74, 6) is 1.02. The second kappa shape index (κ2) is 7.81. The summed E-state index contributed by atoms with van der Waals surface area (Å²) < 4.78 is 0. The van der Waals surface area contributed by atoms with Gasteiger partial charge >= 0.3 is 0 Å². The maximum atomic E-state index is 6.11. The van der Waals surface area contributed by atoms with Gasteiger partial charge in [-0.15, -0.1) is 11.8 Å². The summed E-state index contributed by atoms with van der Waals surface area (Å²) >= 11 is 14.1. The van der Waals surface area contributed by atoms with E-state index in [4.69, 9.17) is 23.2 Å². The van der Waals surface area contributed by atoms with E-state index in [0.29, 0.717) is 6.54 Å². The average Bonchev–Trinajstić information content (AvgIpc) is 2.42. The van der Waals surface area contributed by atoms with Crippen LogP contribution in [0.1, 0.15) is 5.56 Å². The third-order valence-corrected chi connectivity index (χ3v) is 4.38. The monoisotopic (exact) mass is 311 g/mol. The molecule has 0 fully saturated rings. The highest BCUT2D eigenvalue weighted by Crippen LogP contribution is 2.24. The van der Waals surface area contributed by atoms with Gasteiger partial charge in [0.05, 0.1) is 0 Å². The third kappa shape index (κ3) is 4.73. The van der Waals surface area contributed by atoms with Crippen LogP contribution in [0, 0.1) is 0 Å². The minimum atomic E-state index is 0.702. The number of thioether (sulfide) groups is 1. The first-order chi connectivity index (χ1) is 9.27. The van der Waals surface area contributed by atoms with Crippen molar-refractivity contribution in [2.45, 2.75) is 11.4 Å². The molecule has 0 amide bonds. The van der Waals surface area contributed by atoms with E-state index in [2.05, 4.69) is 29.6 Å². The van der Waals surface area contributed by atoms with Crippen LogP contribution < -0.4 is 5.32 Å². The smallest absolute Gasteiger partial charge is 0.0465 e. The van der Waals surface area contributed by atoms with E-state index in [1.807, 2.05) is 36.0 Å². The molecule has 0 aromatic heterocycles. The second-order valence-electron chi connectivity index (χ2n) is 4.04. The Morgan fingerprint density at radius 2 is 1.58 bits per heavy atom. The molecule has 2 rings (SSSR count). The lowest BCUT2D eigenvalue weighted by Gasteiger charge is -2.08. The lowest BCUT2D eigenvalue weighted by atomic mass is 10.2. The Labute approximate surface area is 128 Å². The molecule has 19 heavy (non-hydrogen) atoms. The fourth-order valence-electron chi connectivity index (χ4n) is 1.67. The quantitative estimate of drug-likeness (QED) is 0.603. The van der Waals surface area contributed by atoms with Crippen LogP contribution in [0.5, 0.6) is 0 Å². The number of benzene rings is 2. The lowest BCUT2D eigenvalue weighted by Crippen LogP contribution is -2.17. The fourth-order valence-corrected chi connectivity index (χ4v) is 3.04. The summed E-state index contributed by atoms with van der Waals surface area (Å²) in [4.78, 5) is 1.29. The Kier molecular flexibility index (Phi) is 6.05. The molecule has 0 aliphatic rings. The molecule has 0 aliphatic carbocycles. The Morgan fingerprint density at radius 3 is 2.26 bits per heavy atom. The number of hydrogen-bond acceptors (Lipinski definition) is 2. The summed E-state index contributed by atoms with van der Waals surface area (Å²) in [6.07, 6.45) is 0. The van der Waals surface area contributed by atoms with Crippen molar-refractivity contribution in [1.82, 2.24) is 5.32 Å². The van der Waals surface area contributed by atoms with E-state index in [1.54, 1.807) is 0 Å². The van der Waals surface area contributed by atoms with E-state index in [-0.39, 0.29) is 0 Å². The van der Waals surface area contributed by atoms with Gasteiger partial charge in [-0.2, -0.15) is 0 Å². The Bertz CT molecular complexity index is 497. The normalized spacial score (nSPS) is 10.6. The predicted octanol–water partition coefficient (Wildman–Crippen LogP) is 4.88. The first-order valence-corrected chi connectivity index (χ1v) is 7.83. The molecule has 0 aliphatic heterocycles. The Morgan fingerprint density at radius 1 is 0.895 bits per heavy atom. The van der Waals surface area contributed by atoms with Crippen LogP contribution in [-0.4, -0.2) is 12.3 Å². The van der Waals surface area contributed by atoms with Crippen LogP contribution in [0.2, 0.25) is 10.0 Å². The van der Waals surface area contributed by atoms with Crippen LogP contribution in [0.3, 0.4) is 0 Å². The molecular weight excluding hydrogens is 297 g/mol. The third-order valence-electron chi connectivity index (χ3n) is 2.65. The molecule has 1 N–H and O–H groups in total. The van der Waals surface area contributed by atoms with Crippen molar-refractivity contribution >= 4 is 35.0 Å². The highest BCUT2D eigenvalue weighted by atomic mass is 35.5. The molecule has 0 bridgehead atoms. The van der Waals surface area contributed by atoms with Crippen LogP contribution in [0.4, 0.5) is 0 Å². The Balaban J connectivity index is 1.73. The van der Waals surface area contributed by atoms with E-state index >= 15 is 0 Å². The van der Waals surface area contributed by atoms with Gasteiger partial charge in [-0.05, 0) is 24.3 Å². The molecule has 2 aromatic rings. The maximum Gasteiger partial charge on any atom is 0.0465 e. The van der Waals surface area contributed by atoms with Crippen molar-refractivity contribution in [3.63, 3.8) is 0 Å². The van der Waals surface area contributed by atoms with E-state index in [1.165, 1.54) is 4.90 Å². The molecule has 0 heterocycles. The summed E-state index contributed by atoms with van der Waals surface area (Å²) in [7, 11) is 0. The van der Waals surface area contributed by atoms with Gasteiger partial charge in [-0.3, -0.25) is 0 Å². The number of hydrogen-bond donors (Lipinski definition) is 1. The van der Waals surface area contributed by atoms with Crippen molar-refractivity contribution in [2.24, 2.45) is 0 Å². The van der Waals surface area contributed by atoms with Gasteiger partial charge in [0.15, 0.2) is 0 Å².